The molecule has 1 saturated heterocycles. The lowest BCUT2D eigenvalue weighted by Gasteiger charge is -2.40. The van der Waals surface area contributed by atoms with Gasteiger partial charge in [-0.15, -0.1) is 0 Å². The van der Waals surface area contributed by atoms with Crippen LogP contribution in [-0.2, 0) is 0 Å². The minimum atomic E-state index is 0.271. The maximum atomic E-state index is 6.17. The van der Waals surface area contributed by atoms with Crippen molar-refractivity contribution >= 4 is 17.3 Å². The van der Waals surface area contributed by atoms with Gasteiger partial charge in [-0.25, -0.2) is 0 Å². The van der Waals surface area contributed by atoms with Crippen molar-refractivity contribution in [3.05, 3.63) is 23.2 Å². The Morgan fingerprint density at radius 3 is 2.50 bits per heavy atom. The molecule has 0 unspecified atom stereocenters. The molecule has 0 atom stereocenters. The highest BCUT2D eigenvalue weighted by Gasteiger charge is 2.28. The fraction of sp³-hybridized carbons (Fsp3) is 0.571. The van der Waals surface area contributed by atoms with E-state index in [9.17, 15) is 0 Å². The molecule has 0 saturated carbocycles. The minimum absolute atomic E-state index is 0.271. The molecule has 1 aliphatic rings. The summed E-state index contributed by atoms with van der Waals surface area (Å²) in [5.74, 6) is 0.734. The third-order valence-corrected chi connectivity index (χ3v) is 4.27. The van der Waals surface area contributed by atoms with E-state index < -0.39 is 0 Å². The summed E-state index contributed by atoms with van der Waals surface area (Å²) in [4.78, 5) is 2.38. The van der Waals surface area contributed by atoms with Gasteiger partial charge in [-0.1, -0.05) is 11.6 Å². The van der Waals surface area contributed by atoms with Crippen LogP contribution in [0.2, 0.25) is 5.02 Å². The highest BCUT2D eigenvalue weighted by molar-refractivity contribution is 6.32. The van der Waals surface area contributed by atoms with Gasteiger partial charge in [0.05, 0.1) is 12.1 Å². The number of hydrogen-bond donors (Lipinski definition) is 1. The molecule has 0 spiro atoms. The molecule has 0 aliphatic carbocycles. The summed E-state index contributed by atoms with van der Waals surface area (Å²) in [6, 6.07) is 6.00. The van der Waals surface area contributed by atoms with Crippen molar-refractivity contribution in [2.75, 3.05) is 32.1 Å². The smallest absolute Gasteiger partial charge is 0.137 e. The van der Waals surface area contributed by atoms with Crippen LogP contribution in [0.25, 0.3) is 0 Å². The zero-order chi connectivity index (χ0) is 13.2. The Labute approximate surface area is 114 Å². The molecule has 0 aromatic heterocycles. The number of benzene rings is 1. The molecule has 1 aromatic rings. The lowest BCUT2D eigenvalue weighted by Crippen LogP contribution is -2.50. The van der Waals surface area contributed by atoms with Gasteiger partial charge in [0, 0.05) is 24.3 Å². The van der Waals surface area contributed by atoms with Gasteiger partial charge in [0.25, 0.3) is 0 Å². The van der Waals surface area contributed by atoms with E-state index in [4.69, 9.17) is 16.3 Å². The summed E-state index contributed by atoms with van der Waals surface area (Å²) < 4.78 is 5.18. The van der Waals surface area contributed by atoms with E-state index in [1.807, 2.05) is 19.2 Å². The number of nitrogens with one attached hydrogen (secondary N) is 1. The number of piperidine rings is 1. The zero-order valence-corrected chi connectivity index (χ0v) is 12.0. The molecule has 4 heteroatoms. The summed E-state index contributed by atoms with van der Waals surface area (Å²) in [6.45, 7) is 4.39. The maximum absolute atomic E-state index is 6.17. The van der Waals surface area contributed by atoms with Crippen LogP contribution >= 0.6 is 11.6 Å². The topological polar surface area (TPSA) is 24.5 Å². The highest BCUT2D eigenvalue weighted by atomic mass is 35.5. The number of methoxy groups -OCH3 is 1. The predicted octanol–water partition coefficient (Wildman–Crippen LogP) is 2.93. The van der Waals surface area contributed by atoms with Crippen LogP contribution < -0.4 is 15.0 Å². The average Bonchev–Trinajstić information content (AvgIpc) is 2.39. The Kier molecular flexibility index (Phi) is 4.03. The third-order valence-electron chi connectivity index (χ3n) is 3.97. The number of anilines is 1. The Bertz CT molecular complexity index is 414. The molecule has 0 bridgehead atoms. The van der Waals surface area contributed by atoms with Crippen molar-refractivity contribution in [3.8, 4) is 5.75 Å². The van der Waals surface area contributed by atoms with Crippen molar-refractivity contribution in [1.82, 2.24) is 5.32 Å². The number of nitrogens with zero attached hydrogens (tertiary/aromatic N) is 1. The fourth-order valence-electron chi connectivity index (χ4n) is 2.36. The standard InChI is InChI=1S/C14H21ClN2O/c1-14(16-2)6-8-17(9-7-14)11-4-5-13(18-3)12(15)10-11/h4-5,10,16H,6-9H2,1-3H3. The lowest BCUT2D eigenvalue weighted by molar-refractivity contribution is 0.305. The highest BCUT2D eigenvalue weighted by Crippen LogP contribution is 2.31. The summed E-state index contributed by atoms with van der Waals surface area (Å²) in [7, 11) is 3.68. The Hall–Kier alpha value is -0.930. The molecule has 1 N–H and O–H groups in total. The Balaban J connectivity index is 2.08. The van der Waals surface area contributed by atoms with E-state index >= 15 is 0 Å². The molecule has 1 aliphatic heterocycles. The quantitative estimate of drug-likeness (QED) is 0.912. The first-order valence-corrected chi connectivity index (χ1v) is 6.73. The van der Waals surface area contributed by atoms with Crippen LogP contribution in [0, 0.1) is 0 Å². The van der Waals surface area contributed by atoms with E-state index in [1.165, 1.54) is 5.69 Å². The first kappa shape index (κ1) is 13.5. The van der Waals surface area contributed by atoms with Crippen molar-refractivity contribution in [1.29, 1.82) is 0 Å². The maximum Gasteiger partial charge on any atom is 0.137 e. The summed E-state index contributed by atoms with van der Waals surface area (Å²) >= 11 is 6.17. The third kappa shape index (κ3) is 2.73. The van der Waals surface area contributed by atoms with Crippen molar-refractivity contribution in [3.63, 3.8) is 0 Å². The molecule has 1 fully saturated rings. The molecular formula is C14H21ClN2O. The molecule has 1 heterocycles. The van der Waals surface area contributed by atoms with Crippen LogP contribution in [0.15, 0.2) is 18.2 Å². The van der Waals surface area contributed by atoms with Crippen LogP contribution in [-0.4, -0.2) is 32.8 Å². The Morgan fingerprint density at radius 2 is 2.00 bits per heavy atom. The van der Waals surface area contributed by atoms with Gasteiger partial charge in [0.1, 0.15) is 5.75 Å². The van der Waals surface area contributed by atoms with Crippen molar-refractivity contribution < 1.29 is 4.74 Å². The number of rotatable bonds is 3. The molecule has 18 heavy (non-hydrogen) atoms. The molecule has 1 aromatic carbocycles. The number of hydrogen-bond acceptors (Lipinski definition) is 3. The predicted molar refractivity (Wildman–Crippen MR) is 76.9 cm³/mol. The second-order valence-electron chi connectivity index (χ2n) is 5.12. The van der Waals surface area contributed by atoms with E-state index in [0.29, 0.717) is 5.02 Å². The molecule has 100 valence electrons. The zero-order valence-electron chi connectivity index (χ0n) is 11.3. The molecule has 3 nitrogen and oxygen atoms in total. The lowest BCUT2D eigenvalue weighted by atomic mass is 9.89. The monoisotopic (exact) mass is 268 g/mol. The van der Waals surface area contributed by atoms with E-state index in [0.717, 1.165) is 31.7 Å². The van der Waals surface area contributed by atoms with Crippen LogP contribution in [0.4, 0.5) is 5.69 Å². The fourth-order valence-corrected chi connectivity index (χ4v) is 2.61. The van der Waals surface area contributed by atoms with Gasteiger partial charge in [-0.3, -0.25) is 0 Å². The first-order chi connectivity index (χ1) is 8.58. The second kappa shape index (κ2) is 5.37. The van der Waals surface area contributed by atoms with E-state index in [2.05, 4.69) is 23.2 Å². The van der Waals surface area contributed by atoms with E-state index in [1.54, 1.807) is 7.11 Å². The average molecular weight is 269 g/mol. The molecule has 2 rings (SSSR count). The minimum Gasteiger partial charge on any atom is -0.495 e. The van der Waals surface area contributed by atoms with Gasteiger partial charge in [0.2, 0.25) is 0 Å². The van der Waals surface area contributed by atoms with Gasteiger partial charge >= 0.3 is 0 Å². The first-order valence-electron chi connectivity index (χ1n) is 6.35. The van der Waals surface area contributed by atoms with Crippen LogP contribution in [0.5, 0.6) is 5.75 Å². The number of ether oxygens (including phenoxy) is 1. The molecule has 0 amide bonds. The Morgan fingerprint density at radius 1 is 1.33 bits per heavy atom. The SMILES string of the molecule is CNC1(C)CCN(c2ccc(OC)c(Cl)c2)CC1. The molecule has 0 radical (unpaired) electrons. The molecular weight excluding hydrogens is 248 g/mol. The largest absolute Gasteiger partial charge is 0.495 e. The van der Waals surface area contributed by atoms with Gasteiger partial charge in [-0.2, -0.15) is 0 Å². The summed E-state index contributed by atoms with van der Waals surface area (Å²) in [5.41, 5.74) is 1.45. The summed E-state index contributed by atoms with van der Waals surface area (Å²) in [6.07, 6.45) is 2.29. The van der Waals surface area contributed by atoms with Gasteiger partial charge in [0.15, 0.2) is 0 Å². The van der Waals surface area contributed by atoms with Crippen molar-refractivity contribution in [2.45, 2.75) is 25.3 Å². The van der Waals surface area contributed by atoms with Gasteiger partial charge < -0.3 is 15.0 Å². The summed E-state index contributed by atoms with van der Waals surface area (Å²) in [5, 5.41) is 4.09. The van der Waals surface area contributed by atoms with Gasteiger partial charge in [-0.05, 0) is 45.0 Å². The number of halogens is 1. The van der Waals surface area contributed by atoms with Crippen molar-refractivity contribution in [2.24, 2.45) is 0 Å². The van der Waals surface area contributed by atoms with E-state index in [-0.39, 0.29) is 5.54 Å². The van der Waals surface area contributed by atoms with Crippen LogP contribution in [0.1, 0.15) is 19.8 Å². The normalized spacial score (nSPS) is 18.8. The van der Waals surface area contributed by atoms with Crippen LogP contribution in [0.3, 0.4) is 0 Å². The second-order valence-corrected chi connectivity index (χ2v) is 5.52.